The molecule has 0 aliphatic rings. The van der Waals surface area contributed by atoms with Crippen LogP contribution in [0.1, 0.15) is 0 Å². The average molecular weight is 144 g/mol. The molecule has 8 heavy (non-hydrogen) atoms. The molecule has 0 saturated heterocycles. The molecule has 0 spiro atoms. The number of thiol groups is 1. The molecule has 0 amide bonds. The lowest BCUT2D eigenvalue weighted by Crippen LogP contribution is -2.16. The summed E-state index contributed by atoms with van der Waals surface area (Å²) in [4.78, 5) is 0. The van der Waals surface area contributed by atoms with E-state index in [0.717, 1.165) is 0 Å². The van der Waals surface area contributed by atoms with Gasteiger partial charge < -0.3 is 0 Å². The second-order valence-corrected chi connectivity index (χ2v) is 7.78. The van der Waals surface area contributed by atoms with Gasteiger partial charge in [-0.2, -0.15) is 12.6 Å². The second-order valence-electron chi connectivity index (χ2n) is 2.71. The summed E-state index contributed by atoms with van der Waals surface area (Å²) in [6.07, 6.45) is 0. The van der Waals surface area contributed by atoms with Crippen molar-refractivity contribution in [3.63, 3.8) is 0 Å². The van der Waals surface area contributed by atoms with Gasteiger partial charge in [0.05, 0.1) is 5.75 Å². The Morgan fingerprint density at radius 3 is 2.00 bits per heavy atom. The van der Waals surface area contributed by atoms with Gasteiger partial charge in [-0.25, -0.2) is 0 Å². The molecule has 0 rings (SSSR count). The molecule has 0 saturated carbocycles. The van der Waals surface area contributed by atoms with Crippen LogP contribution in [-0.4, -0.2) is 13.8 Å². The van der Waals surface area contributed by atoms with Gasteiger partial charge in [0.25, 0.3) is 0 Å². The van der Waals surface area contributed by atoms with Gasteiger partial charge in [0, 0.05) is 0 Å². The maximum absolute atomic E-state index is 3.98. The molecule has 0 aromatic carbocycles. The zero-order valence-corrected chi connectivity index (χ0v) is 7.55. The molecule has 0 aliphatic heterocycles. The van der Waals surface area contributed by atoms with Gasteiger partial charge in [-0.1, -0.05) is 25.6 Å². The first-order valence-corrected chi connectivity index (χ1v) is 6.80. The van der Waals surface area contributed by atoms with Gasteiger partial charge >= 0.3 is 0 Å². The van der Waals surface area contributed by atoms with Crippen LogP contribution in [0.3, 0.4) is 0 Å². The summed E-state index contributed by atoms with van der Waals surface area (Å²) in [5.74, 6) is 3.66. The maximum Gasteiger partial charge on any atom is 0.129 e. The highest BCUT2D eigenvalue weighted by atomic mass is 32.1. The summed E-state index contributed by atoms with van der Waals surface area (Å²) >= 11 is 3.98. The lowest BCUT2D eigenvalue weighted by Gasteiger charge is -2.02. The van der Waals surface area contributed by atoms with Crippen LogP contribution in [0, 0.1) is 11.5 Å². The fourth-order valence-electron chi connectivity index (χ4n) is 0.305. The highest BCUT2D eigenvalue weighted by molar-refractivity contribution is 7.80. The third kappa shape index (κ3) is 6.13. The Labute approximate surface area is 58.1 Å². The van der Waals surface area contributed by atoms with Crippen LogP contribution in [0.4, 0.5) is 0 Å². The van der Waals surface area contributed by atoms with E-state index in [4.69, 9.17) is 0 Å². The Morgan fingerprint density at radius 1 is 1.38 bits per heavy atom. The van der Waals surface area contributed by atoms with Crippen LogP contribution < -0.4 is 0 Å². The minimum Gasteiger partial charge on any atom is -0.166 e. The average Bonchev–Trinajstić information content (AvgIpc) is 1.59. The highest BCUT2D eigenvalue weighted by Crippen LogP contribution is 1.95. The van der Waals surface area contributed by atoms with Crippen molar-refractivity contribution in [2.24, 2.45) is 0 Å². The summed E-state index contributed by atoms with van der Waals surface area (Å²) < 4.78 is 0. The Bertz CT molecular complexity index is 113. The topological polar surface area (TPSA) is 0 Å². The molecule has 2 heteroatoms. The van der Waals surface area contributed by atoms with Crippen molar-refractivity contribution in [3.8, 4) is 11.5 Å². The van der Waals surface area contributed by atoms with E-state index < -0.39 is 8.07 Å². The first-order chi connectivity index (χ1) is 3.56. The van der Waals surface area contributed by atoms with Gasteiger partial charge in [0.1, 0.15) is 8.07 Å². The largest absolute Gasteiger partial charge is 0.166 e. The molecule has 46 valence electrons. The first kappa shape index (κ1) is 8.13. The monoisotopic (exact) mass is 144 g/mol. The molecule has 0 aromatic heterocycles. The third-order valence-electron chi connectivity index (χ3n) is 0.542. The van der Waals surface area contributed by atoms with Crippen molar-refractivity contribution in [1.29, 1.82) is 0 Å². The molecule has 0 nitrogen and oxygen atoms in total. The zero-order valence-electron chi connectivity index (χ0n) is 5.65. The van der Waals surface area contributed by atoms with Crippen molar-refractivity contribution in [2.45, 2.75) is 19.6 Å². The summed E-state index contributed by atoms with van der Waals surface area (Å²) in [5, 5.41) is 0. The smallest absolute Gasteiger partial charge is 0.129 e. The van der Waals surface area contributed by atoms with Crippen LogP contribution in [0.5, 0.6) is 0 Å². The van der Waals surface area contributed by atoms with Crippen molar-refractivity contribution in [1.82, 2.24) is 0 Å². The summed E-state index contributed by atoms with van der Waals surface area (Å²) in [7, 11) is -1.09. The number of hydrogen-bond donors (Lipinski definition) is 1. The molecule has 0 aliphatic carbocycles. The fraction of sp³-hybridized carbons (Fsp3) is 0.667. The summed E-state index contributed by atoms with van der Waals surface area (Å²) in [6.45, 7) is 6.68. The molecule has 0 unspecified atom stereocenters. The lowest BCUT2D eigenvalue weighted by molar-refractivity contribution is 1.80. The standard InChI is InChI=1S/C6H12SSi/c1-8(2,3)6-4-5-7/h7H,5H2,1-3H3. The Hall–Kier alpha value is 0.127. The van der Waals surface area contributed by atoms with E-state index in [1.54, 1.807) is 0 Å². The van der Waals surface area contributed by atoms with Crippen molar-refractivity contribution < 1.29 is 0 Å². The molecule has 0 atom stereocenters. The van der Waals surface area contributed by atoms with Crippen LogP contribution >= 0.6 is 12.6 Å². The quantitative estimate of drug-likeness (QED) is 0.299. The molecular weight excluding hydrogens is 132 g/mol. The van der Waals surface area contributed by atoms with E-state index in [-0.39, 0.29) is 0 Å². The van der Waals surface area contributed by atoms with E-state index in [9.17, 15) is 0 Å². The SMILES string of the molecule is C[Si](C)(C)C#CCS. The Balaban J connectivity index is 3.69. The zero-order chi connectivity index (χ0) is 6.62. The minimum absolute atomic E-state index is 0.699. The van der Waals surface area contributed by atoms with Gasteiger partial charge in [0.2, 0.25) is 0 Å². The summed E-state index contributed by atoms with van der Waals surface area (Å²) in [5.41, 5.74) is 3.18. The van der Waals surface area contributed by atoms with Crippen LogP contribution in [-0.2, 0) is 0 Å². The van der Waals surface area contributed by atoms with Gasteiger partial charge in [-0.3, -0.25) is 0 Å². The van der Waals surface area contributed by atoms with Crippen LogP contribution in [0.15, 0.2) is 0 Å². The van der Waals surface area contributed by atoms with Gasteiger partial charge in [-0.05, 0) is 0 Å². The van der Waals surface area contributed by atoms with E-state index in [2.05, 4.69) is 43.7 Å². The Kier molecular flexibility index (Phi) is 3.26. The molecular formula is C6H12SSi. The number of rotatable bonds is 0. The van der Waals surface area contributed by atoms with E-state index in [1.165, 1.54) is 0 Å². The Morgan fingerprint density at radius 2 is 1.88 bits per heavy atom. The lowest BCUT2D eigenvalue weighted by atomic mass is 10.8. The van der Waals surface area contributed by atoms with Crippen LogP contribution in [0.25, 0.3) is 0 Å². The second kappa shape index (κ2) is 3.21. The van der Waals surface area contributed by atoms with Gasteiger partial charge in [-0.15, -0.1) is 5.54 Å². The van der Waals surface area contributed by atoms with Crippen molar-refractivity contribution in [3.05, 3.63) is 0 Å². The molecule has 0 aromatic rings. The maximum atomic E-state index is 3.98. The van der Waals surface area contributed by atoms with Crippen molar-refractivity contribution in [2.75, 3.05) is 5.75 Å². The molecule has 0 fully saturated rings. The van der Waals surface area contributed by atoms with E-state index >= 15 is 0 Å². The van der Waals surface area contributed by atoms with E-state index in [1.807, 2.05) is 0 Å². The molecule has 0 radical (unpaired) electrons. The molecule has 0 N–H and O–H groups in total. The third-order valence-corrected chi connectivity index (χ3v) is 1.63. The predicted octanol–water partition coefficient (Wildman–Crippen LogP) is 1.80. The fourth-order valence-corrected chi connectivity index (χ4v) is 1.15. The van der Waals surface area contributed by atoms with Crippen LogP contribution in [0.2, 0.25) is 19.6 Å². The summed E-state index contributed by atoms with van der Waals surface area (Å²) in [6, 6.07) is 0. The first-order valence-electron chi connectivity index (χ1n) is 2.67. The highest BCUT2D eigenvalue weighted by Gasteiger charge is 2.06. The number of hydrogen-bond acceptors (Lipinski definition) is 1. The molecule has 0 heterocycles. The normalized spacial score (nSPS) is 10.0. The van der Waals surface area contributed by atoms with Gasteiger partial charge in [0.15, 0.2) is 0 Å². The van der Waals surface area contributed by atoms with Crippen molar-refractivity contribution >= 4 is 20.7 Å². The molecule has 0 bridgehead atoms. The minimum atomic E-state index is -1.09. The predicted molar refractivity (Wildman–Crippen MR) is 45.0 cm³/mol. The van der Waals surface area contributed by atoms with E-state index in [0.29, 0.717) is 5.75 Å².